The summed E-state index contributed by atoms with van der Waals surface area (Å²) in [7, 11) is -2.48. The monoisotopic (exact) mass is 532 g/mol. The molecule has 0 aliphatic heterocycles. The number of sulfonamides is 1. The van der Waals surface area contributed by atoms with E-state index in [0.29, 0.717) is 11.3 Å². The zero-order valence-electron chi connectivity index (χ0n) is 21.1. The molecule has 11 nitrogen and oxygen atoms in total. The Morgan fingerprint density at radius 2 is 1.84 bits per heavy atom. The van der Waals surface area contributed by atoms with Gasteiger partial charge in [0.1, 0.15) is 18.3 Å². The molecule has 12 heteroatoms. The van der Waals surface area contributed by atoms with E-state index < -0.39 is 33.4 Å². The van der Waals surface area contributed by atoms with E-state index in [1.807, 2.05) is 0 Å². The SMILES string of the molecule is COc1cccc(CN(C(=O)CN(c2cccc([N+](=O)[O-])c2)S(C)(=O)=O)[C@@H](C)C(=O)NC2CCCC2)c1. The number of carbonyl (C=O) groups is 2. The predicted molar refractivity (Wildman–Crippen MR) is 139 cm³/mol. The number of anilines is 1. The fourth-order valence-electron chi connectivity index (χ4n) is 4.32. The number of nitrogens with one attached hydrogen (secondary N) is 1. The fraction of sp³-hybridized carbons (Fsp3) is 0.440. The molecule has 1 aliphatic carbocycles. The molecule has 1 aliphatic rings. The summed E-state index contributed by atoms with van der Waals surface area (Å²) in [6.07, 6.45) is 4.71. The van der Waals surface area contributed by atoms with E-state index in [-0.39, 0.29) is 29.9 Å². The number of nitro groups is 1. The van der Waals surface area contributed by atoms with Gasteiger partial charge >= 0.3 is 0 Å². The number of amides is 2. The molecule has 1 atom stereocenters. The van der Waals surface area contributed by atoms with E-state index in [1.165, 1.54) is 30.2 Å². The third-order valence-corrected chi connectivity index (χ3v) is 7.50. The molecule has 3 rings (SSSR count). The molecule has 0 unspecified atom stereocenters. The molecule has 2 amide bonds. The van der Waals surface area contributed by atoms with Gasteiger partial charge in [0.2, 0.25) is 21.8 Å². The smallest absolute Gasteiger partial charge is 0.271 e. The molecule has 0 bridgehead atoms. The first-order chi connectivity index (χ1) is 17.5. The molecular weight excluding hydrogens is 500 g/mol. The Bertz CT molecular complexity index is 1250. The third-order valence-electron chi connectivity index (χ3n) is 6.36. The number of methoxy groups -OCH3 is 1. The van der Waals surface area contributed by atoms with Crippen molar-refractivity contribution in [3.05, 3.63) is 64.2 Å². The zero-order chi connectivity index (χ0) is 27.2. The number of nitro benzene ring substituents is 1. The number of non-ortho nitro benzene ring substituents is 1. The second-order valence-corrected chi connectivity index (χ2v) is 11.0. The lowest BCUT2D eigenvalue weighted by Gasteiger charge is -2.32. The average Bonchev–Trinajstić information content (AvgIpc) is 3.37. The minimum Gasteiger partial charge on any atom is -0.497 e. The number of hydrogen-bond acceptors (Lipinski definition) is 7. The maximum absolute atomic E-state index is 13.6. The largest absolute Gasteiger partial charge is 0.497 e. The number of ether oxygens (including phenoxy) is 1. The predicted octanol–water partition coefficient (Wildman–Crippen LogP) is 2.85. The van der Waals surface area contributed by atoms with E-state index in [1.54, 1.807) is 31.2 Å². The highest BCUT2D eigenvalue weighted by Crippen LogP contribution is 2.24. The first-order valence-electron chi connectivity index (χ1n) is 11.9. The number of rotatable bonds is 11. The molecule has 2 aromatic rings. The van der Waals surface area contributed by atoms with Crippen molar-refractivity contribution in [2.75, 3.05) is 24.2 Å². The van der Waals surface area contributed by atoms with Crippen LogP contribution in [0.5, 0.6) is 5.75 Å². The van der Waals surface area contributed by atoms with Crippen LogP contribution >= 0.6 is 0 Å². The minimum absolute atomic E-state index is 0.0190. The summed E-state index contributed by atoms with van der Waals surface area (Å²) >= 11 is 0. The topological polar surface area (TPSA) is 139 Å². The Morgan fingerprint density at radius 1 is 1.16 bits per heavy atom. The molecule has 1 N–H and O–H groups in total. The van der Waals surface area contributed by atoms with Crippen molar-refractivity contribution < 1.29 is 27.7 Å². The number of carbonyl (C=O) groups excluding carboxylic acids is 2. The van der Waals surface area contributed by atoms with Crippen molar-refractivity contribution >= 4 is 33.2 Å². The van der Waals surface area contributed by atoms with Crippen LogP contribution in [0.25, 0.3) is 0 Å². The Balaban J connectivity index is 1.92. The molecule has 0 heterocycles. The molecule has 2 aromatic carbocycles. The summed E-state index contributed by atoms with van der Waals surface area (Å²) in [5.41, 5.74) is 0.361. The summed E-state index contributed by atoms with van der Waals surface area (Å²) in [6, 6.07) is 11.2. The Labute approximate surface area is 216 Å². The van der Waals surface area contributed by atoms with Gasteiger partial charge in [-0.3, -0.25) is 24.0 Å². The fourth-order valence-corrected chi connectivity index (χ4v) is 5.16. The van der Waals surface area contributed by atoms with Crippen molar-refractivity contribution in [3.8, 4) is 5.75 Å². The van der Waals surface area contributed by atoms with Crippen molar-refractivity contribution in [1.82, 2.24) is 10.2 Å². The second kappa shape index (κ2) is 12.0. The van der Waals surface area contributed by atoms with Crippen LogP contribution in [0.15, 0.2) is 48.5 Å². The summed E-state index contributed by atoms with van der Waals surface area (Å²) < 4.78 is 31.3. The van der Waals surface area contributed by atoms with Crippen molar-refractivity contribution in [2.24, 2.45) is 0 Å². The Hall–Kier alpha value is -3.67. The molecular formula is C25H32N4O7S. The Morgan fingerprint density at radius 3 is 2.46 bits per heavy atom. The highest BCUT2D eigenvalue weighted by Gasteiger charge is 2.31. The lowest BCUT2D eigenvalue weighted by Crippen LogP contribution is -2.52. The lowest BCUT2D eigenvalue weighted by atomic mass is 10.1. The lowest BCUT2D eigenvalue weighted by molar-refractivity contribution is -0.384. The molecule has 0 radical (unpaired) electrons. The van der Waals surface area contributed by atoms with Gasteiger partial charge in [0.25, 0.3) is 5.69 Å². The molecule has 0 saturated heterocycles. The standard InChI is InChI=1S/C25H32N4O7S/c1-18(25(31)26-20-9-4-5-10-20)27(16-19-8-6-13-23(14-19)36-2)24(30)17-28(37(3,34)35)21-11-7-12-22(15-21)29(32)33/h6-8,11-15,18,20H,4-5,9-10,16-17H2,1-3H3,(H,26,31)/t18-/m0/s1. The summed E-state index contributed by atoms with van der Waals surface area (Å²) in [6.45, 7) is 0.993. The number of nitrogens with zero attached hydrogens (tertiary/aromatic N) is 3. The van der Waals surface area contributed by atoms with Crippen LogP contribution < -0.4 is 14.4 Å². The van der Waals surface area contributed by atoms with E-state index in [4.69, 9.17) is 4.74 Å². The van der Waals surface area contributed by atoms with E-state index in [2.05, 4.69) is 5.32 Å². The molecule has 1 saturated carbocycles. The van der Waals surface area contributed by atoms with Gasteiger partial charge in [0.05, 0.1) is 24.0 Å². The van der Waals surface area contributed by atoms with Gasteiger partial charge in [0, 0.05) is 24.7 Å². The highest BCUT2D eigenvalue weighted by atomic mass is 32.2. The van der Waals surface area contributed by atoms with Gasteiger partial charge in [-0.1, -0.05) is 31.0 Å². The zero-order valence-corrected chi connectivity index (χ0v) is 21.9. The molecule has 200 valence electrons. The van der Waals surface area contributed by atoms with E-state index >= 15 is 0 Å². The quantitative estimate of drug-likeness (QED) is 0.347. The van der Waals surface area contributed by atoms with Crippen LogP contribution in [0.1, 0.15) is 38.2 Å². The van der Waals surface area contributed by atoms with Gasteiger partial charge in [-0.05, 0) is 43.5 Å². The van der Waals surface area contributed by atoms with E-state index in [9.17, 15) is 28.1 Å². The normalized spacial score (nSPS) is 14.6. The van der Waals surface area contributed by atoms with Crippen LogP contribution in [0.3, 0.4) is 0 Å². The van der Waals surface area contributed by atoms with Crippen LogP contribution in [0.4, 0.5) is 11.4 Å². The third kappa shape index (κ3) is 7.42. The summed E-state index contributed by atoms with van der Waals surface area (Å²) in [5.74, 6) is -0.388. The van der Waals surface area contributed by atoms with Gasteiger partial charge in [0.15, 0.2) is 0 Å². The first kappa shape index (κ1) is 27.9. The van der Waals surface area contributed by atoms with Crippen LogP contribution in [-0.4, -0.2) is 62.0 Å². The van der Waals surface area contributed by atoms with Gasteiger partial charge < -0.3 is 15.0 Å². The number of benzene rings is 2. The van der Waals surface area contributed by atoms with Crippen molar-refractivity contribution in [3.63, 3.8) is 0 Å². The molecule has 0 spiro atoms. The van der Waals surface area contributed by atoms with Crippen LogP contribution in [-0.2, 0) is 26.2 Å². The van der Waals surface area contributed by atoms with E-state index in [0.717, 1.165) is 42.3 Å². The summed E-state index contributed by atoms with van der Waals surface area (Å²) in [5, 5.41) is 14.2. The Kier molecular flexibility index (Phi) is 9.09. The highest BCUT2D eigenvalue weighted by molar-refractivity contribution is 7.92. The van der Waals surface area contributed by atoms with Crippen LogP contribution in [0, 0.1) is 10.1 Å². The molecule has 37 heavy (non-hydrogen) atoms. The molecule has 1 fully saturated rings. The summed E-state index contributed by atoms with van der Waals surface area (Å²) in [4.78, 5) is 38.6. The van der Waals surface area contributed by atoms with Gasteiger partial charge in [-0.25, -0.2) is 8.42 Å². The average molecular weight is 533 g/mol. The molecule has 0 aromatic heterocycles. The van der Waals surface area contributed by atoms with Crippen LogP contribution in [0.2, 0.25) is 0 Å². The first-order valence-corrected chi connectivity index (χ1v) is 13.8. The van der Waals surface area contributed by atoms with Gasteiger partial charge in [-0.15, -0.1) is 0 Å². The number of hydrogen-bond donors (Lipinski definition) is 1. The maximum Gasteiger partial charge on any atom is 0.271 e. The van der Waals surface area contributed by atoms with Gasteiger partial charge in [-0.2, -0.15) is 0 Å². The van der Waals surface area contributed by atoms with Crippen molar-refractivity contribution in [1.29, 1.82) is 0 Å². The maximum atomic E-state index is 13.6. The minimum atomic E-state index is -3.99. The second-order valence-electron chi connectivity index (χ2n) is 9.09. The van der Waals surface area contributed by atoms with Crippen molar-refractivity contribution in [2.45, 2.75) is 51.2 Å².